The minimum atomic E-state index is -0.381. The van der Waals surface area contributed by atoms with Gasteiger partial charge >= 0.3 is 5.97 Å². The van der Waals surface area contributed by atoms with Crippen molar-refractivity contribution in [2.24, 2.45) is 0 Å². The van der Waals surface area contributed by atoms with Gasteiger partial charge in [0, 0.05) is 5.69 Å². The van der Waals surface area contributed by atoms with Crippen LogP contribution >= 0.6 is 0 Å². The molecule has 2 N–H and O–H groups in total. The molecule has 0 saturated carbocycles. The molecular weight excluding hydrogens is 382 g/mol. The number of aromatic nitrogens is 1. The molecule has 7 heteroatoms. The number of quaternary nitrogens is 1. The fraction of sp³-hybridized carbons (Fsp3) is 0.478. The van der Waals surface area contributed by atoms with Crippen LogP contribution in [0.2, 0.25) is 0 Å². The Labute approximate surface area is 178 Å². The van der Waals surface area contributed by atoms with E-state index in [0.29, 0.717) is 29.1 Å². The average Bonchev–Trinajstić information content (AvgIpc) is 3.06. The molecule has 1 aliphatic heterocycles. The number of piperazine rings is 1. The van der Waals surface area contributed by atoms with Crippen molar-refractivity contribution >= 4 is 17.4 Å². The molecule has 0 radical (unpaired) electrons. The van der Waals surface area contributed by atoms with Crippen molar-refractivity contribution in [3.8, 4) is 5.75 Å². The van der Waals surface area contributed by atoms with E-state index in [-0.39, 0.29) is 17.8 Å². The third-order valence-electron chi connectivity index (χ3n) is 6.00. The Morgan fingerprint density at radius 1 is 1.20 bits per heavy atom. The van der Waals surface area contributed by atoms with E-state index in [1.165, 1.54) is 4.90 Å². The Kier molecular flexibility index (Phi) is 6.82. The lowest BCUT2D eigenvalue weighted by atomic mass is 10.0. The van der Waals surface area contributed by atoms with E-state index in [2.05, 4.69) is 16.0 Å². The minimum Gasteiger partial charge on any atom is -0.495 e. The van der Waals surface area contributed by atoms with Crippen LogP contribution in [0.25, 0.3) is 0 Å². The van der Waals surface area contributed by atoms with E-state index < -0.39 is 0 Å². The molecule has 1 saturated heterocycles. The lowest BCUT2D eigenvalue weighted by Crippen LogP contribution is -3.18. The van der Waals surface area contributed by atoms with Gasteiger partial charge in [-0.2, -0.15) is 0 Å². The van der Waals surface area contributed by atoms with Crippen molar-refractivity contribution in [3.63, 3.8) is 0 Å². The summed E-state index contributed by atoms with van der Waals surface area (Å²) in [5, 5.41) is 0. The fourth-order valence-corrected chi connectivity index (χ4v) is 4.27. The number of carbonyl (C=O) groups is 2. The molecule has 162 valence electrons. The van der Waals surface area contributed by atoms with Crippen LogP contribution in [0, 0.1) is 13.8 Å². The lowest BCUT2D eigenvalue weighted by molar-refractivity contribution is -0.914. The summed E-state index contributed by atoms with van der Waals surface area (Å²) in [6, 6.07) is 7.83. The van der Waals surface area contributed by atoms with Gasteiger partial charge in [0.05, 0.1) is 56.8 Å². The molecule has 1 aliphatic rings. The van der Waals surface area contributed by atoms with Crippen LogP contribution < -0.4 is 14.5 Å². The second-order valence-electron chi connectivity index (χ2n) is 7.75. The molecule has 0 amide bonds. The van der Waals surface area contributed by atoms with Gasteiger partial charge in [-0.25, -0.2) is 4.79 Å². The molecular formula is C23H32N3O4+. The zero-order valence-electron chi connectivity index (χ0n) is 18.5. The Morgan fingerprint density at radius 3 is 2.50 bits per heavy atom. The number of hydrogen-bond donors (Lipinski definition) is 2. The highest BCUT2D eigenvalue weighted by Gasteiger charge is 2.33. The summed E-state index contributed by atoms with van der Waals surface area (Å²) in [5.41, 5.74) is 3.44. The third-order valence-corrected chi connectivity index (χ3v) is 6.00. The van der Waals surface area contributed by atoms with E-state index in [9.17, 15) is 9.59 Å². The van der Waals surface area contributed by atoms with Gasteiger partial charge in [0.1, 0.15) is 5.75 Å². The van der Waals surface area contributed by atoms with Gasteiger partial charge in [-0.1, -0.05) is 12.1 Å². The summed E-state index contributed by atoms with van der Waals surface area (Å²) in [5.74, 6) is 0.522. The molecule has 7 nitrogen and oxygen atoms in total. The average molecular weight is 415 g/mol. The smallest absolute Gasteiger partial charge is 0.340 e. The van der Waals surface area contributed by atoms with Crippen LogP contribution in [-0.2, 0) is 4.74 Å². The van der Waals surface area contributed by atoms with Crippen molar-refractivity contribution in [2.75, 3.05) is 44.8 Å². The first-order chi connectivity index (χ1) is 14.4. The van der Waals surface area contributed by atoms with Crippen LogP contribution in [0.15, 0.2) is 24.3 Å². The Balaban J connectivity index is 1.70. The second kappa shape index (κ2) is 9.34. The molecule has 0 spiro atoms. The molecule has 1 aromatic heterocycles. The Morgan fingerprint density at radius 2 is 1.87 bits per heavy atom. The molecule has 30 heavy (non-hydrogen) atoms. The van der Waals surface area contributed by atoms with Gasteiger partial charge in [0.2, 0.25) is 5.78 Å². The first kappa shape index (κ1) is 21.9. The number of H-pyrrole nitrogens is 1. The predicted octanol–water partition coefficient (Wildman–Crippen LogP) is 1.79. The van der Waals surface area contributed by atoms with Gasteiger partial charge in [-0.05, 0) is 45.4 Å². The molecule has 2 heterocycles. The number of hydrogen-bond acceptors (Lipinski definition) is 5. The SMILES string of the molecule is CCOC(=O)c1c(C)[nH]c(C(=O)[C@H](C)[NH+]2CCN(c3ccccc3OC)CC2)c1C. The summed E-state index contributed by atoms with van der Waals surface area (Å²) < 4.78 is 10.6. The number of aryl methyl sites for hydroxylation is 1. The maximum Gasteiger partial charge on any atom is 0.340 e. The number of carbonyl (C=O) groups excluding carboxylic acids is 2. The van der Waals surface area contributed by atoms with Crippen molar-refractivity contribution in [2.45, 2.75) is 33.7 Å². The molecule has 0 unspecified atom stereocenters. The maximum atomic E-state index is 13.2. The van der Waals surface area contributed by atoms with E-state index in [0.717, 1.165) is 37.6 Å². The van der Waals surface area contributed by atoms with Crippen molar-refractivity contribution in [1.29, 1.82) is 0 Å². The zero-order chi connectivity index (χ0) is 21.8. The molecule has 1 fully saturated rings. The number of ketones is 1. The quantitative estimate of drug-likeness (QED) is 0.534. The lowest BCUT2D eigenvalue weighted by Gasteiger charge is -2.36. The topological polar surface area (TPSA) is 76.1 Å². The first-order valence-corrected chi connectivity index (χ1v) is 10.5. The van der Waals surface area contributed by atoms with E-state index in [4.69, 9.17) is 9.47 Å². The highest BCUT2D eigenvalue weighted by atomic mass is 16.5. The standard InChI is InChI=1S/C23H31N3O4/c1-6-30-23(28)20-15(2)21(24-16(20)3)22(27)17(4)25-11-13-26(14-12-25)18-9-7-8-10-19(18)29-5/h7-10,17,24H,6,11-14H2,1-5H3/p+1/t17-/m0/s1. The van der Waals surface area contributed by atoms with E-state index in [1.54, 1.807) is 21.0 Å². The molecule has 1 aromatic carbocycles. The highest BCUT2D eigenvalue weighted by Crippen LogP contribution is 2.27. The Hall–Kier alpha value is -2.80. The molecule has 2 aromatic rings. The number of nitrogens with zero attached hydrogens (tertiary/aromatic N) is 1. The number of anilines is 1. The van der Waals surface area contributed by atoms with Crippen LogP contribution in [0.1, 0.15) is 46.0 Å². The second-order valence-corrected chi connectivity index (χ2v) is 7.75. The summed E-state index contributed by atoms with van der Waals surface area (Å²) in [6.07, 6.45) is 0. The Bertz CT molecular complexity index is 913. The van der Waals surface area contributed by atoms with Gasteiger partial charge in [-0.3, -0.25) is 4.79 Å². The maximum absolute atomic E-state index is 13.2. The van der Waals surface area contributed by atoms with Crippen LogP contribution in [0.3, 0.4) is 0 Å². The van der Waals surface area contributed by atoms with Crippen LogP contribution in [-0.4, -0.2) is 62.7 Å². The molecule has 1 atom stereocenters. The minimum absolute atomic E-state index is 0.0342. The molecule has 3 rings (SSSR count). The number of para-hydroxylation sites is 2. The van der Waals surface area contributed by atoms with Gasteiger partial charge in [0.15, 0.2) is 6.04 Å². The third kappa shape index (κ3) is 4.21. The number of rotatable bonds is 7. The van der Waals surface area contributed by atoms with Crippen molar-refractivity contribution < 1.29 is 24.0 Å². The van der Waals surface area contributed by atoms with Crippen LogP contribution in [0.4, 0.5) is 5.69 Å². The highest BCUT2D eigenvalue weighted by molar-refractivity contribution is 6.03. The normalized spacial score (nSPS) is 15.7. The largest absolute Gasteiger partial charge is 0.495 e. The number of nitrogens with one attached hydrogen (secondary N) is 2. The zero-order valence-corrected chi connectivity index (χ0v) is 18.5. The number of aromatic amines is 1. The number of esters is 1. The van der Waals surface area contributed by atoms with Crippen molar-refractivity contribution in [1.82, 2.24) is 4.98 Å². The first-order valence-electron chi connectivity index (χ1n) is 10.5. The molecule has 0 aliphatic carbocycles. The molecule has 0 bridgehead atoms. The number of benzene rings is 1. The van der Waals surface area contributed by atoms with Gasteiger partial charge in [-0.15, -0.1) is 0 Å². The van der Waals surface area contributed by atoms with E-state index in [1.807, 2.05) is 32.0 Å². The fourth-order valence-electron chi connectivity index (χ4n) is 4.27. The summed E-state index contributed by atoms with van der Waals surface area (Å²) in [6.45, 7) is 11.1. The number of ether oxygens (including phenoxy) is 2. The summed E-state index contributed by atoms with van der Waals surface area (Å²) in [4.78, 5) is 32.2. The monoisotopic (exact) mass is 414 g/mol. The van der Waals surface area contributed by atoms with Gasteiger partial charge < -0.3 is 24.3 Å². The predicted molar refractivity (Wildman–Crippen MR) is 116 cm³/mol. The summed E-state index contributed by atoms with van der Waals surface area (Å²) in [7, 11) is 1.69. The number of methoxy groups -OCH3 is 1. The van der Waals surface area contributed by atoms with E-state index >= 15 is 0 Å². The van der Waals surface area contributed by atoms with Crippen molar-refractivity contribution in [3.05, 3.63) is 46.8 Å². The van der Waals surface area contributed by atoms with Crippen LogP contribution in [0.5, 0.6) is 5.75 Å². The summed E-state index contributed by atoms with van der Waals surface area (Å²) >= 11 is 0. The number of Topliss-reactive ketones (excluding diaryl/α,β-unsaturated/α-hetero) is 1. The van der Waals surface area contributed by atoms with Gasteiger partial charge in [0.25, 0.3) is 0 Å².